The number of hydrogen-bond acceptors (Lipinski definition) is 7. The minimum Gasteiger partial charge on any atom is -0.444 e. The van der Waals surface area contributed by atoms with Crippen LogP contribution in [0.1, 0.15) is 21.1 Å². The topological polar surface area (TPSA) is 107 Å². The van der Waals surface area contributed by atoms with Gasteiger partial charge in [0.2, 0.25) is 0 Å². The number of aromatic nitrogens is 3. The number of thiazole rings is 1. The van der Waals surface area contributed by atoms with Gasteiger partial charge in [0.15, 0.2) is 5.15 Å². The van der Waals surface area contributed by atoms with E-state index in [4.69, 9.17) is 32.7 Å². The zero-order valence-corrected chi connectivity index (χ0v) is 19.0. The van der Waals surface area contributed by atoms with Crippen molar-refractivity contribution in [3.8, 4) is 0 Å². The van der Waals surface area contributed by atoms with E-state index in [0.29, 0.717) is 24.8 Å². The second kappa shape index (κ2) is 12.2. The number of benzene rings is 1. The lowest BCUT2D eigenvalue weighted by atomic mass is 10.2. The van der Waals surface area contributed by atoms with Crippen molar-refractivity contribution in [1.29, 1.82) is 0 Å². The van der Waals surface area contributed by atoms with E-state index in [1.165, 1.54) is 17.7 Å². The molecule has 3 rings (SSSR count). The van der Waals surface area contributed by atoms with Crippen LogP contribution in [0.5, 0.6) is 0 Å². The van der Waals surface area contributed by atoms with Crippen LogP contribution in [0.3, 0.4) is 0 Å². The number of imidazole rings is 1. The Bertz CT molecular complexity index is 1070. The average molecular weight is 496 g/mol. The summed E-state index contributed by atoms with van der Waals surface area (Å²) in [5.74, 6) is -0.580. The third-order valence-corrected chi connectivity index (χ3v) is 5.51. The third-order valence-electron chi connectivity index (χ3n) is 3.90. The summed E-state index contributed by atoms with van der Waals surface area (Å²) in [6.07, 6.45) is 4.06. The highest BCUT2D eigenvalue weighted by atomic mass is 35.5. The summed E-state index contributed by atoms with van der Waals surface area (Å²) in [4.78, 5) is 31.9. The molecule has 0 saturated heterocycles. The molecule has 0 aliphatic heterocycles. The number of nitrogens with one attached hydrogen (secondary N) is 2. The molecule has 32 heavy (non-hydrogen) atoms. The summed E-state index contributed by atoms with van der Waals surface area (Å²) < 4.78 is 12.0. The lowest BCUT2D eigenvalue weighted by Crippen LogP contribution is -2.42. The zero-order valence-electron chi connectivity index (χ0n) is 16.7. The van der Waals surface area contributed by atoms with Crippen LogP contribution in [0.4, 0.5) is 4.79 Å². The highest BCUT2D eigenvalue weighted by molar-refractivity contribution is 7.09. The number of amides is 2. The number of carbonyl (C=O) groups excluding carboxylic acids is 2. The number of hydrazine groups is 1. The number of rotatable bonds is 9. The molecule has 168 valence electrons. The SMILES string of the molecule is O=C(NNC(=O)c1csc(Cn2cnc(Cl)c2Cl)n1)OCC=CCOCc1ccccc1. The number of ether oxygens (including phenoxy) is 2. The molecule has 9 nitrogen and oxygen atoms in total. The molecule has 2 aromatic heterocycles. The van der Waals surface area contributed by atoms with Gasteiger partial charge in [-0.05, 0) is 11.6 Å². The minimum atomic E-state index is -0.802. The predicted octanol–water partition coefficient (Wildman–Crippen LogP) is 3.84. The standard InChI is InChI=1S/C20H19Cl2N5O4S/c21-17-18(22)27(13-23-17)10-16-24-15(12-32-16)19(28)25-26-20(29)31-9-5-4-8-30-11-14-6-2-1-3-7-14/h1-7,12-13H,8-11H2,(H,25,28)(H,26,29). The molecule has 0 atom stereocenters. The molecule has 0 radical (unpaired) electrons. The summed E-state index contributed by atoms with van der Waals surface area (Å²) in [5.41, 5.74) is 5.62. The Hall–Kier alpha value is -2.92. The summed E-state index contributed by atoms with van der Waals surface area (Å²) >= 11 is 13.1. The van der Waals surface area contributed by atoms with E-state index in [1.54, 1.807) is 22.1 Å². The number of halogens is 2. The van der Waals surface area contributed by atoms with Crippen LogP contribution in [0.15, 0.2) is 54.2 Å². The molecule has 1 aromatic carbocycles. The molecule has 0 aliphatic rings. The van der Waals surface area contributed by atoms with E-state index in [2.05, 4.69) is 20.8 Å². The van der Waals surface area contributed by atoms with Crippen molar-refractivity contribution in [1.82, 2.24) is 25.4 Å². The van der Waals surface area contributed by atoms with Gasteiger partial charge in [0, 0.05) is 5.38 Å². The van der Waals surface area contributed by atoms with E-state index in [1.807, 2.05) is 30.3 Å². The molecule has 0 aliphatic carbocycles. The van der Waals surface area contributed by atoms with Crippen molar-refractivity contribution in [2.75, 3.05) is 13.2 Å². The Labute approximate surface area is 198 Å². The average Bonchev–Trinajstić information content (AvgIpc) is 3.40. The van der Waals surface area contributed by atoms with Crippen LogP contribution < -0.4 is 10.9 Å². The molecule has 0 saturated carbocycles. The van der Waals surface area contributed by atoms with Crippen LogP contribution in [0.25, 0.3) is 0 Å². The van der Waals surface area contributed by atoms with E-state index >= 15 is 0 Å². The quantitative estimate of drug-likeness (QED) is 0.265. The zero-order chi connectivity index (χ0) is 22.8. The van der Waals surface area contributed by atoms with Crippen LogP contribution in [0.2, 0.25) is 10.3 Å². The van der Waals surface area contributed by atoms with E-state index < -0.39 is 12.0 Å². The van der Waals surface area contributed by atoms with Crippen molar-refractivity contribution in [2.24, 2.45) is 0 Å². The number of hydrogen-bond donors (Lipinski definition) is 2. The maximum absolute atomic E-state index is 12.1. The molecule has 3 aromatic rings. The fraction of sp³-hybridized carbons (Fsp3) is 0.200. The van der Waals surface area contributed by atoms with Gasteiger partial charge in [-0.3, -0.25) is 10.2 Å². The first-order valence-electron chi connectivity index (χ1n) is 9.33. The summed E-state index contributed by atoms with van der Waals surface area (Å²) in [5, 5.41) is 2.66. The molecule has 12 heteroatoms. The van der Waals surface area contributed by atoms with Crippen LogP contribution in [0, 0.1) is 0 Å². The van der Waals surface area contributed by atoms with Crippen LogP contribution in [-0.2, 0) is 22.6 Å². The van der Waals surface area contributed by atoms with Gasteiger partial charge in [-0.15, -0.1) is 11.3 Å². The van der Waals surface area contributed by atoms with Gasteiger partial charge in [-0.25, -0.2) is 20.2 Å². The molecule has 0 fully saturated rings. The first-order valence-corrected chi connectivity index (χ1v) is 11.0. The molecule has 0 unspecified atom stereocenters. The minimum absolute atomic E-state index is 0.0332. The van der Waals surface area contributed by atoms with Crippen molar-refractivity contribution < 1.29 is 19.1 Å². The van der Waals surface area contributed by atoms with Crippen molar-refractivity contribution in [2.45, 2.75) is 13.2 Å². The largest absolute Gasteiger partial charge is 0.444 e. The molecule has 0 spiro atoms. The van der Waals surface area contributed by atoms with Gasteiger partial charge in [0.05, 0.1) is 26.1 Å². The van der Waals surface area contributed by atoms with E-state index in [-0.39, 0.29) is 22.6 Å². The number of carbonyl (C=O) groups is 2. The Kier molecular flexibility index (Phi) is 9.05. The first kappa shape index (κ1) is 23.7. The van der Waals surface area contributed by atoms with E-state index in [9.17, 15) is 9.59 Å². The summed E-state index contributed by atoms with van der Waals surface area (Å²) in [6.45, 7) is 1.23. The lowest BCUT2D eigenvalue weighted by Gasteiger charge is -2.06. The normalized spacial score (nSPS) is 10.9. The van der Waals surface area contributed by atoms with Gasteiger partial charge in [0.1, 0.15) is 22.5 Å². The second-order valence-corrected chi connectivity index (χ2v) is 7.89. The Morgan fingerprint density at radius 1 is 1.12 bits per heavy atom. The van der Waals surface area contributed by atoms with E-state index in [0.717, 1.165) is 5.56 Å². The van der Waals surface area contributed by atoms with Gasteiger partial charge in [-0.2, -0.15) is 0 Å². The fourth-order valence-electron chi connectivity index (χ4n) is 2.37. The van der Waals surface area contributed by atoms with Crippen molar-refractivity contribution >= 4 is 46.5 Å². The third kappa shape index (κ3) is 7.34. The van der Waals surface area contributed by atoms with Crippen LogP contribution >= 0.6 is 34.5 Å². The van der Waals surface area contributed by atoms with Gasteiger partial charge in [0.25, 0.3) is 5.91 Å². The number of nitrogens with zero attached hydrogens (tertiary/aromatic N) is 3. The summed E-state index contributed by atoms with van der Waals surface area (Å²) in [6, 6.07) is 9.78. The molecular formula is C20H19Cl2N5O4S. The summed E-state index contributed by atoms with van der Waals surface area (Å²) in [7, 11) is 0. The van der Waals surface area contributed by atoms with Crippen molar-refractivity contribution in [3.05, 3.63) is 80.8 Å². The maximum atomic E-state index is 12.1. The Morgan fingerprint density at radius 2 is 1.91 bits per heavy atom. The second-order valence-electron chi connectivity index (χ2n) is 6.23. The molecule has 2 amide bonds. The first-order chi connectivity index (χ1) is 15.5. The lowest BCUT2D eigenvalue weighted by molar-refractivity contribution is 0.0911. The highest BCUT2D eigenvalue weighted by Crippen LogP contribution is 2.21. The monoisotopic (exact) mass is 495 g/mol. The fourth-order valence-corrected chi connectivity index (χ4v) is 3.45. The maximum Gasteiger partial charge on any atom is 0.426 e. The molecular weight excluding hydrogens is 477 g/mol. The molecule has 0 bridgehead atoms. The molecule has 2 N–H and O–H groups in total. The molecule has 2 heterocycles. The Morgan fingerprint density at radius 3 is 2.66 bits per heavy atom. The van der Waals surface area contributed by atoms with Gasteiger partial charge < -0.3 is 14.0 Å². The smallest absolute Gasteiger partial charge is 0.426 e. The highest BCUT2D eigenvalue weighted by Gasteiger charge is 2.14. The van der Waals surface area contributed by atoms with Crippen LogP contribution in [-0.4, -0.2) is 39.7 Å². The predicted molar refractivity (Wildman–Crippen MR) is 121 cm³/mol. The Balaban J connectivity index is 1.31. The van der Waals surface area contributed by atoms with Gasteiger partial charge in [-0.1, -0.05) is 59.6 Å². The van der Waals surface area contributed by atoms with Crippen molar-refractivity contribution in [3.63, 3.8) is 0 Å². The van der Waals surface area contributed by atoms with Gasteiger partial charge >= 0.3 is 6.09 Å².